The Kier molecular flexibility index (Phi) is 2.93. The monoisotopic (exact) mass is 190 g/mol. The van der Waals surface area contributed by atoms with E-state index in [1.54, 1.807) is 6.07 Å². The second kappa shape index (κ2) is 4.15. The molecule has 0 aliphatic heterocycles. The summed E-state index contributed by atoms with van der Waals surface area (Å²) in [5, 5.41) is 8.60. The molecule has 4 heteroatoms. The van der Waals surface area contributed by atoms with E-state index < -0.39 is 5.82 Å². The van der Waals surface area contributed by atoms with Gasteiger partial charge in [0.25, 0.3) is 0 Å². The third kappa shape index (κ3) is 1.94. The predicted octanol–water partition coefficient (Wildman–Crippen LogP) is 1.29. The van der Waals surface area contributed by atoms with Crippen LogP contribution in [0.5, 0.6) is 5.75 Å². The molecule has 2 N–H and O–H groups in total. The Bertz CT molecular complexity index is 429. The van der Waals surface area contributed by atoms with Crippen molar-refractivity contribution in [3.8, 4) is 24.2 Å². The number of halogens is 1. The molecule has 0 radical (unpaired) electrons. The number of nitriles is 1. The lowest BCUT2D eigenvalue weighted by Gasteiger charge is -2.07. The molecular weight excluding hydrogens is 183 g/mol. The van der Waals surface area contributed by atoms with Gasteiger partial charge in [-0.25, -0.2) is 4.39 Å². The lowest BCUT2D eigenvalue weighted by Crippen LogP contribution is -2.01. The van der Waals surface area contributed by atoms with Crippen LogP contribution >= 0.6 is 0 Å². The summed E-state index contributed by atoms with van der Waals surface area (Å²) in [4.78, 5) is 0. The first-order chi connectivity index (χ1) is 6.69. The molecule has 0 aliphatic rings. The molecule has 0 atom stereocenters. The van der Waals surface area contributed by atoms with Gasteiger partial charge in [0.05, 0.1) is 11.3 Å². The van der Waals surface area contributed by atoms with Crippen LogP contribution in [-0.2, 0) is 0 Å². The van der Waals surface area contributed by atoms with Crippen LogP contribution in [0.2, 0.25) is 0 Å². The van der Waals surface area contributed by atoms with E-state index in [1.165, 1.54) is 0 Å². The summed E-state index contributed by atoms with van der Waals surface area (Å²) in [5.41, 5.74) is 5.66. The molecule has 0 bridgehead atoms. The van der Waals surface area contributed by atoms with Crippen LogP contribution in [0.4, 0.5) is 10.1 Å². The summed E-state index contributed by atoms with van der Waals surface area (Å²) in [7, 11) is 0. The van der Waals surface area contributed by atoms with E-state index in [2.05, 4.69) is 5.92 Å². The number of hydrogen-bond acceptors (Lipinski definition) is 3. The van der Waals surface area contributed by atoms with E-state index in [0.717, 1.165) is 12.1 Å². The van der Waals surface area contributed by atoms with Gasteiger partial charge in [-0.1, -0.05) is 5.92 Å². The highest BCUT2D eigenvalue weighted by atomic mass is 19.1. The van der Waals surface area contributed by atoms with Crippen molar-refractivity contribution < 1.29 is 9.13 Å². The van der Waals surface area contributed by atoms with Gasteiger partial charge in [0.15, 0.2) is 0 Å². The fraction of sp³-hybridized carbons (Fsp3) is 0.100. The van der Waals surface area contributed by atoms with Crippen LogP contribution in [0.3, 0.4) is 0 Å². The van der Waals surface area contributed by atoms with Gasteiger partial charge in [-0.3, -0.25) is 0 Å². The Hall–Kier alpha value is -2.20. The van der Waals surface area contributed by atoms with Crippen molar-refractivity contribution in [1.82, 2.24) is 0 Å². The van der Waals surface area contributed by atoms with Gasteiger partial charge in [0, 0.05) is 6.07 Å². The van der Waals surface area contributed by atoms with Gasteiger partial charge >= 0.3 is 0 Å². The molecule has 0 unspecified atom stereocenters. The summed E-state index contributed by atoms with van der Waals surface area (Å²) >= 11 is 0. The first-order valence-corrected chi connectivity index (χ1v) is 3.74. The van der Waals surface area contributed by atoms with Crippen LogP contribution in [0, 0.1) is 29.5 Å². The highest BCUT2D eigenvalue weighted by Gasteiger charge is 2.08. The fourth-order valence-corrected chi connectivity index (χ4v) is 0.924. The summed E-state index contributed by atoms with van der Waals surface area (Å²) in [5.74, 6) is 1.73. The normalized spacial score (nSPS) is 8.79. The Balaban J connectivity index is 3.12. The number of benzene rings is 1. The molecule has 1 aromatic carbocycles. The highest BCUT2D eigenvalue weighted by Crippen LogP contribution is 2.26. The first kappa shape index (κ1) is 9.88. The zero-order chi connectivity index (χ0) is 10.6. The molecule has 70 valence electrons. The summed E-state index contributed by atoms with van der Waals surface area (Å²) in [6.45, 7) is -0.0154. The summed E-state index contributed by atoms with van der Waals surface area (Å²) in [6, 6.07) is 3.89. The lowest BCUT2D eigenvalue weighted by atomic mass is 10.2. The topological polar surface area (TPSA) is 59.0 Å². The molecule has 0 aromatic heterocycles. The zero-order valence-corrected chi connectivity index (χ0v) is 7.25. The number of hydrogen-bond donors (Lipinski definition) is 1. The predicted molar refractivity (Wildman–Crippen MR) is 49.9 cm³/mol. The highest BCUT2D eigenvalue weighted by molar-refractivity contribution is 5.63. The number of rotatable bonds is 2. The fourth-order valence-electron chi connectivity index (χ4n) is 0.924. The maximum Gasteiger partial charge on any atom is 0.148 e. The van der Waals surface area contributed by atoms with Gasteiger partial charge in [-0.15, -0.1) is 6.42 Å². The third-order valence-corrected chi connectivity index (χ3v) is 1.54. The van der Waals surface area contributed by atoms with Crippen molar-refractivity contribution >= 4 is 5.69 Å². The maximum atomic E-state index is 12.9. The summed E-state index contributed by atoms with van der Waals surface area (Å²) < 4.78 is 17.8. The van der Waals surface area contributed by atoms with E-state index in [4.69, 9.17) is 22.2 Å². The number of anilines is 1. The van der Waals surface area contributed by atoms with E-state index in [0.29, 0.717) is 0 Å². The molecule has 0 amide bonds. The Morgan fingerprint density at radius 1 is 1.57 bits per heavy atom. The molecule has 0 saturated carbocycles. The van der Waals surface area contributed by atoms with Crippen molar-refractivity contribution in [3.05, 3.63) is 23.5 Å². The van der Waals surface area contributed by atoms with Gasteiger partial charge in [0.1, 0.15) is 24.2 Å². The van der Waals surface area contributed by atoms with Gasteiger partial charge in [0.2, 0.25) is 0 Å². The van der Waals surface area contributed by atoms with Crippen LogP contribution < -0.4 is 10.5 Å². The van der Waals surface area contributed by atoms with Gasteiger partial charge in [-0.05, 0) is 6.07 Å². The van der Waals surface area contributed by atoms with Gasteiger partial charge in [-0.2, -0.15) is 5.26 Å². The minimum absolute atomic E-state index is 0.0154. The van der Waals surface area contributed by atoms with Crippen molar-refractivity contribution in [2.75, 3.05) is 12.3 Å². The number of nitrogens with two attached hydrogens (primary N) is 1. The molecular formula is C10H7FN2O. The molecule has 0 aliphatic carbocycles. The van der Waals surface area contributed by atoms with Gasteiger partial charge < -0.3 is 10.5 Å². The smallest absolute Gasteiger partial charge is 0.148 e. The average molecular weight is 190 g/mol. The molecule has 3 nitrogen and oxygen atoms in total. The number of terminal acetylenes is 1. The Morgan fingerprint density at radius 2 is 2.29 bits per heavy atom. The molecule has 1 aromatic rings. The number of nitrogen functional groups attached to an aromatic ring is 1. The standard InChI is InChI=1S/C10H7FN2O/c1-2-3-14-9-5-8(11)4-7(6-12)10(9)13/h1,4-5H,3,13H2. The minimum atomic E-state index is -0.581. The van der Waals surface area contributed by atoms with Crippen LogP contribution in [0.1, 0.15) is 5.56 Å². The van der Waals surface area contributed by atoms with Crippen molar-refractivity contribution in [2.45, 2.75) is 0 Å². The van der Waals surface area contributed by atoms with Crippen molar-refractivity contribution in [1.29, 1.82) is 5.26 Å². The second-order valence-corrected chi connectivity index (χ2v) is 2.47. The molecule has 0 saturated heterocycles. The third-order valence-electron chi connectivity index (χ3n) is 1.54. The van der Waals surface area contributed by atoms with Crippen molar-refractivity contribution in [2.24, 2.45) is 0 Å². The molecule has 0 spiro atoms. The Morgan fingerprint density at radius 3 is 2.86 bits per heavy atom. The Labute approximate surface area is 80.9 Å². The van der Waals surface area contributed by atoms with Crippen LogP contribution in [0.25, 0.3) is 0 Å². The zero-order valence-electron chi connectivity index (χ0n) is 7.25. The van der Waals surface area contributed by atoms with Crippen LogP contribution in [-0.4, -0.2) is 6.61 Å². The maximum absolute atomic E-state index is 12.9. The van der Waals surface area contributed by atoms with E-state index in [9.17, 15) is 4.39 Å². The molecule has 0 fully saturated rings. The van der Waals surface area contributed by atoms with E-state index in [1.807, 2.05) is 0 Å². The molecule has 1 rings (SSSR count). The largest absolute Gasteiger partial charge is 0.479 e. The molecule has 14 heavy (non-hydrogen) atoms. The quantitative estimate of drug-likeness (QED) is 0.564. The van der Waals surface area contributed by atoms with Crippen molar-refractivity contribution in [3.63, 3.8) is 0 Å². The SMILES string of the molecule is C#CCOc1cc(F)cc(C#N)c1N. The average Bonchev–Trinajstić information content (AvgIpc) is 2.18. The van der Waals surface area contributed by atoms with E-state index in [-0.39, 0.29) is 23.6 Å². The number of nitrogens with zero attached hydrogens (tertiary/aromatic N) is 1. The van der Waals surface area contributed by atoms with E-state index >= 15 is 0 Å². The van der Waals surface area contributed by atoms with Crippen LogP contribution in [0.15, 0.2) is 12.1 Å². The lowest BCUT2D eigenvalue weighted by molar-refractivity contribution is 0.370. The number of ether oxygens (including phenoxy) is 1. The second-order valence-electron chi connectivity index (χ2n) is 2.47. The first-order valence-electron chi connectivity index (χ1n) is 3.74. The minimum Gasteiger partial charge on any atom is -0.479 e. The summed E-state index contributed by atoms with van der Waals surface area (Å²) in [6.07, 6.45) is 4.96. The molecule has 0 heterocycles.